The van der Waals surface area contributed by atoms with E-state index in [1.54, 1.807) is 0 Å². The summed E-state index contributed by atoms with van der Waals surface area (Å²) in [7, 11) is -1.68. The van der Waals surface area contributed by atoms with Crippen LogP contribution in [-0.4, -0.2) is 61.9 Å². The van der Waals surface area contributed by atoms with Gasteiger partial charge in [-0.05, 0) is 29.8 Å². The highest BCUT2D eigenvalue weighted by Gasteiger charge is 2.51. The van der Waals surface area contributed by atoms with Crippen LogP contribution in [0.5, 0.6) is 0 Å². The standard InChI is InChI=1S/C13H18N2O4S2/c1-13-7-14(2)5-9(13)6-15(8-13)21(18,19)10-3-4-20-11(10)12(16)17/h3-4,9H,5-8H2,1-2H3,(H,16,17)/t9-,13+/m1/s1. The van der Waals surface area contributed by atoms with Gasteiger partial charge in [-0.25, -0.2) is 13.2 Å². The van der Waals surface area contributed by atoms with Gasteiger partial charge < -0.3 is 10.0 Å². The lowest BCUT2D eigenvalue weighted by Gasteiger charge is -2.23. The Bertz CT molecular complexity index is 684. The molecule has 2 saturated heterocycles. The zero-order valence-electron chi connectivity index (χ0n) is 11.9. The first-order chi connectivity index (χ1) is 9.74. The highest BCUT2D eigenvalue weighted by molar-refractivity contribution is 7.89. The Morgan fingerprint density at radius 2 is 2.14 bits per heavy atom. The first-order valence-corrected chi connectivity index (χ1v) is 9.05. The van der Waals surface area contributed by atoms with Crippen LogP contribution < -0.4 is 0 Å². The molecule has 0 saturated carbocycles. The second kappa shape index (κ2) is 4.77. The van der Waals surface area contributed by atoms with Crippen molar-refractivity contribution in [1.82, 2.24) is 9.21 Å². The second-order valence-electron chi connectivity index (χ2n) is 6.26. The van der Waals surface area contributed by atoms with Crippen LogP contribution in [0.4, 0.5) is 0 Å². The molecule has 0 aromatic carbocycles. The molecule has 6 nitrogen and oxygen atoms in total. The van der Waals surface area contributed by atoms with Crippen molar-refractivity contribution >= 4 is 27.3 Å². The molecule has 21 heavy (non-hydrogen) atoms. The van der Waals surface area contributed by atoms with E-state index in [0.29, 0.717) is 19.0 Å². The maximum absolute atomic E-state index is 12.7. The number of sulfonamides is 1. The van der Waals surface area contributed by atoms with Crippen molar-refractivity contribution in [1.29, 1.82) is 0 Å². The highest BCUT2D eigenvalue weighted by Crippen LogP contribution is 2.43. The monoisotopic (exact) mass is 330 g/mol. The molecule has 0 unspecified atom stereocenters. The summed E-state index contributed by atoms with van der Waals surface area (Å²) in [4.78, 5) is 13.2. The van der Waals surface area contributed by atoms with E-state index in [1.807, 2.05) is 7.05 Å². The lowest BCUT2D eigenvalue weighted by molar-refractivity contribution is 0.0698. The normalized spacial score (nSPS) is 30.7. The van der Waals surface area contributed by atoms with E-state index in [-0.39, 0.29) is 15.2 Å². The van der Waals surface area contributed by atoms with Gasteiger partial charge in [0.1, 0.15) is 9.77 Å². The predicted molar refractivity (Wildman–Crippen MR) is 79.1 cm³/mol. The van der Waals surface area contributed by atoms with Gasteiger partial charge in [0.15, 0.2) is 0 Å². The predicted octanol–water partition coefficient (Wildman–Crippen LogP) is 1.02. The topological polar surface area (TPSA) is 77.9 Å². The first kappa shape index (κ1) is 15.0. The molecular formula is C13H18N2O4S2. The molecule has 0 aliphatic carbocycles. The molecule has 2 fully saturated rings. The molecule has 2 aliphatic heterocycles. The van der Waals surface area contributed by atoms with Gasteiger partial charge in [0, 0.05) is 26.2 Å². The van der Waals surface area contributed by atoms with E-state index < -0.39 is 16.0 Å². The number of rotatable bonds is 3. The zero-order chi connectivity index (χ0) is 15.4. The number of carboxylic acid groups (broad SMARTS) is 1. The third-order valence-corrected chi connectivity index (χ3v) is 7.44. The fraction of sp³-hybridized carbons (Fsp3) is 0.615. The van der Waals surface area contributed by atoms with Gasteiger partial charge in [0.2, 0.25) is 10.0 Å². The Morgan fingerprint density at radius 1 is 1.43 bits per heavy atom. The van der Waals surface area contributed by atoms with Crippen molar-refractivity contribution in [3.63, 3.8) is 0 Å². The summed E-state index contributed by atoms with van der Waals surface area (Å²) in [6.07, 6.45) is 0. The van der Waals surface area contributed by atoms with Crippen molar-refractivity contribution < 1.29 is 18.3 Å². The fourth-order valence-corrected chi connectivity index (χ4v) is 6.41. The Hall–Kier alpha value is -0.960. The van der Waals surface area contributed by atoms with E-state index in [4.69, 9.17) is 5.11 Å². The third-order valence-electron chi connectivity index (χ3n) is 4.55. The molecule has 0 bridgehead atoms. The van der Waals surface area contributed by atoms with Crippen molar-refractivity contribution in [3.8, 4) is 0 Å². The van der Waals surface area contributed by atoms with Crippen LogP contribution in [0.25, 0.3) is 0 Å². The molecule has 1 aromatic rings. The molecular weight excluding hydrogens is 312 g/mol. The summed E-state index contributed by atoms with van der Waals surface area (Å²) < 4.78 is 26.9. The van der Waals surface area contributed by atoms with Crippen molar-refractivity contribution in [2.24, 2.45) is 11.3 Å². The molecule has 2 atom stereocenters. The first-order valence-electron chi connectivity index (χ1n) is 6.73. The van der Waals surface area contributed by atoms with Gasteiger partial charge >= 0.3 is 5.97 Å². The quantitative estimate of drug-likeness (QED) is 0.895. The Balaban J connectivity index is 1.91. The molecule has 0 radical (unpaired) electrons. The number of likely N-dealkylation sites (tertiary alicyclic amines) is 1. The molecule has 116 valence electrons. The summed E-state index contributed by atoms with van der Waals surface area (Å²) in [6.45, 7) is 4.80. The number of fused-ring (bicyclic) bond motifs is 1. The number of carboxylic acids is 1. The smallest absolute Gasteiger partial charge is 0.347 e. The SMILES string of the molecule is CN1C[C@@H]2CN(S(=O)(=O)c3ccsc3C(=O)O)C[C@]2(C)C1. The maximum Gasteiger partial charge on any atom is 0.347 e. The molecule has 3 heterocycles. The molecule has 3 rings (SSSR count). The van der Waals surface area contributed by atoms with E-state index >= 15 is 0 Å². The lowest BCUT2D eigenvalue weighted by Crippen LogP contribution is -2.35. The molecule has 0 spiro atoms. The number of thiophene rings is 1. The van der Waals surface area contributed by atoms with Crippen molar-refractivity contribution in [2.45, 2.75) is 11.8 Å². The molecule has 8 heteroatoms. The minimum Gasteiger partial charge on any atom is -0.477 e. The molecule has 2 aliphatic rings. The van der Waals surface area contributed by atoms with E-state index in [9.17, 15) is 13.2 Å². The average molecular weight is 330 g/mol. The second-order valence-corrected chi connectivity index (χ2v) is 9.09. The van der Waals surface area contributed by atoms with Crippen LogP contribution in [0, 0.1) is 11.3 Å². The summed E-state index contributed by atoms with van der Waals surface area (Å²) in [6, 6.07) is 1.39. The summed E-state index contributed by atoms with van der Waals surface area (Å²) in [5, 5.41) is 10.6. The lowest BCUT2D eigenvalue weighted by atomic mass is 9.83. The largest absolute Gasteiger partial charge is 0.477 e. The fourth-order valence-electron chi connectivity index (χ4n) is 3.56. The van der Waals surface area contributed by atoms with E-state index in [1.165, 1.54) is 15.8 Å². The van der Waals surface area contributed by atoms with Crippen molar-refractivity contribution in [2.75, 3.05) is 33.2 Å². The van der Waals surface area contributed by atoms with E-state index in [2.05, 4.69) is 11.8 Å². The third kappa shape index (κ3) is 2.30. The number of hydrogen-bond acceptors (Lipinski definition) is 5. The number of hydrogen-bond donors (Lipinski definition) is 1. The maximum atomic E-state index is 12.7. The van der Waals surface area contributed by atoms with Gasteiger partial charge in [-0.3, -0.25) is 0 Å². The van der Waals surface area contributed by atoms with Crippen LogP contribution in [0.15, 0.2) is 16.3 Å². The van der Waals surface area contributed by atoms with Crippen LogP contribution in [-0.2, 0) is 10.0 Å². The van der Waals surface area contributed by atoms with Gasteiger partial charge in [-0.15, -0.1) is 11.3 Å². The molecule has 0 amide bonds. The molecule has 1 N–H and O–H groups in total. The summed E-state index contributed by atoms with van der Waals surface area (Å²) in [5.74, 6) is -0.877. The number of aromatic carboxylic acids is 1. The average Bonchev–Trinajstić information content (AvgIpc) is 3.00. The van der Waals surface area contributed by atoms with Gasteiger partial charge in [-0.1, -0.05) is 6.92 Å². The van der Waals surface area contributed by atoms with Crippen molar-refractivity contribution in [3.05, 3.63) is 16.3 Å². The minimum absolute atomic E-state index is 0.0404. The summed E-state index contributed by atoms with van der Waals surface area (Å²) >= 11 is 0.951. The van der Waals surface area contributed by atoms with Crippen LogP contribution in [0.2, 0.25) is 0 Å². The number of nitrogens with zero attached hydrogens (tertiary/aromatic N) is 2. The zero-order valence-corrected chi connectivity index (χ0v) is 13.6. The molecule has 1 aromatic heterocycles. The van der Waals surface area contributed by atoms with Gasteiger partial charge in [0.05, 0.1) is 0 Å². The van der Waals surface area contributed by atoms with Gasteiger partial charge in [-0.2, -0.15) is 4.31 Å². The number of carbonyl (C=O) groups is 1. The highest BCUT2D eigenvalue weighted by atomic mass is 32.2. The Morgan fingerprint density at radius 3 is 2.76 bits per heavy atom. The van der Waals surface area contributed by atoms with Crippen LogP contribution >= 0.6 is 11.3 Å². The Labute approximate surface area is 128 Å². The van der Waals surface area contributed by atoms with E-state index in [0.717, 1.165) is 24.4 Å². The van der Waals surface area contributed by atoms with Crippen LogP contribution in [0.1, 0.15) is 16.6 Å². The van der Waals surface area contributed by atoms with Gasteiger partial charge in [0.25, 0.3) is 0 Å². The van der Waals surface area contributed by atoms with Crippen LogP contribution in [0.3, 0.4) is 0 Å². The minimum atomic E-state index is -3.72. The Kier molecular flexibility index (Phi) is 3.40. The summed E-state index contributed by atoms with van der Waals surface area (Å²) in [5.41, 5.74) is -0.0404.